The number of halogens is 2. The van der Waals surface area contributed by atoms with Crippen molar-refractivity contribution in [2.45, 2.75) is 25.3 Å². The summed E-state index contributed by atoms with van der Waals surface area (Å²) in [7, 11) is 0. The van der Waals surface area contributed by atoms with Crippen molar-refractivity contribution in [3.8, 4) is 6.07 Å². The van der Waals surface area contributed by atoms with Gasteiger partial charge in [-0.1, -0.05) is 0 Å². The molecule has 1 amide bonds. The summed E-state index contributed by atoms with van der Waals surface area (Å²) in [4.78, 5) is 16.1. The topological polar surface area (TPSA) is 77.8 Å². The first kappa shape index (κ1) is 18.7. The molecule has 0 bridgehead atoms. The molecule has 20 heavy (non-hydrogen) atoms. The van der Waals surface area contributed by atoms with E-state index in [-0.39, 0.29) is 30.7 Å². The van der Waals surface area contributed by atoms with Gasteiger partial charge in [-0.05, 0) is 44.5 Å². The van der Waals surface area contributed by atoms with Crippen molar-refractivity contribution in [1.29, 1.82) is 5.26 Å². The first-order valence-electron chi connectivity index (χ1n) is 6.01. The first-order valence-corrected chi connectivity index (χ1v) is 6.01. The molecule has 0 aliphatic carbocycles. The number of piperidine rings is 1. The van der Waals surface area contributed by atoms with Gasteiger partial charge >= 0.3 is 0 Å². The summed E-state index contributed by atoms with van der Waals surface area (Å²) in [6, 6.07) is 4.01. The van der Waals surface area contributed by atoms with Crippen LogP contribution < -0.4 is 10.6 Å². The van der Waals surface area contributed by atoms with Gasteiger partial charge in [-0.2, -0.15) is 5.26 Å². The molecule has 2 rings (SSSR count). The van der Waals surface area contributed by atoms with Crippen LogP contribution in [0, 0.1) is 18.3 Å². The molecule has 2 N–H and O–H groups in total. The van der Waals surface area contributed by atoms with Crippen LogP contribution in [-0.2, 0) is 0 Å². The highest BCUT2D eigenvalue weighted by atomic mass is 35.5. The predicted octanol–water partition coefficient (Wildman–Crippen LogP) is 1.61. The SMILES string of the molecule is Cc1cncc(C(=O)NC2(C#N)CCNCC2)c1.Cl.Cl. The number of amides is 1. The third-order valence-corrected chi connectivity index (χ3v) is 3.16. The molecule has 0 radical (unpaired) electrons. The van der Waals surface area contributed by atoms with E-state index in [9.17, 15) is 10.1 Å². The second kappa shape index (κ2) is 8.05. The smallest absolute Gasteiger partial charge is 0.254 e. The molecule has 2 heterocycles. The summed E-state index contributed by atoms with van der Waals surface area (Å²) in [5.41, 5.74) is 0.689. The molecule has 7 heteroatoms. The van der Waals surface area contributed by atoms with Crippen molar-refractivity contribution in [2.24, 2.45) is 0 Å². The van der Waals surface area contributed by atoms with Crippen LogP contribution in [0.5, 0.6) is 0 Å². The van der Waals surface area contributed by atoms with Crippen LogP contribution in [-0.4, -0.2) is 29.5 Å². The summed E-state index contributed by atoms with van der Waals surface area (Å²) in [6.45, 7) is 3.38. The number of nitrogens with zero attached hydrogens (tertiary/aromatic N) is 2. The fourth-order valence-electron chi connectivity index (χ4n) is 2.09. The molecule has 0 atom stereocenters. The van der Waals surface area contributed by atoms with E-state index in [1.54, 1.807) is 12.3 Å². The molecule has 0 spiro atoms. The van der Waals surface area contributed by atoms with Crippen LogP contribution in [0.4, 0.5) is 0 Å². The second-order valence-corrected chi connectivity index (χ2v) is 4.65. The van der Waals surface area contributed by atoms with Crippen LogP contribution in [0.2, 0.25) is 0 Å². The Morgan fingerprint density at radius 1 is 1.40 bits per heavy atom. The molecule has 0 aromatic carbocycles. The monoisotopic (exact) mass is 316 g/mol. The van der Waals surface area contributed by atoms with Crippen molar-refractivity contribution < 1.29 is 4.79 Å². The van der Waals surface area contributed by atoms with Crippen LogP contribution in [0.15, 0.2) is 18.5 Å². The van der Waals surface area contributed by atoms with E-state index < -0.39 is 5.54 Å². The van der Waals surface area contributed by atoms with Gasteiger partial charge in [0, 0.05) is 12.4 Å². The van der Waals surface area contributed by atoms with Gasteiger partial charge in [0.1, 0.15) is 5.54 Å². The number of aryl methyl sites for hydroxylation is 1. The third kappa shape index (κ3) is 4.34. The summed E-state index contributed by atoms with van der Waals surface area (Å²) >= 11 is 0. The number of nitrogens with one attached hydrogen (secondary N) is 2. The molecule has 1 aliphatic heterocycles. The molecule has 1 aliphatic rings. The van der Waals surface area contributed by atoms with Gasteiger partial charge in [-0.3, -0.25) is 9.78 Å². The molecule has 1 aromatic rings. The molecule has 5 nitrogen and oxygen atoms in total. The van der Waals surface area contributed by atoms with Gasteiger partial charge in [0.25, 0.3) is 5.91 Å². The molecule has 0 unspecified atom stereocenters. The molecule has 0 saturated carbocycles. The summed E-state index contributed by atoms with van der Waals surface area (Å²) < 4.78 is 0. The number of pyridine rings is 1. The Morgan fingerprint density at radius 2 is 2.05 bits per heavy atom. The number of nitriles is 1. The van der Waals surface area contributed by atoms with Crippen LogP contribution >= 0.6 is 24.8 Å². The maximum atomic E-state index is 12.1. The number of aromatic nitrogens is 1. The number of carbonyl (C=O) groups is 1. The highest BCUT2D eigenvalue weighted by Gasteiger charge is 2.33. The Balaban J connectivity index is 0.00000180. The number of hydrogen-bond acceptors (Lipinski definition) is 4. The van der Waals surface area contributed by atoms with Gasteiger partial charge in [-0.15, -0.1) is 24.8 Å². The van der Waals surface area contributed by atoms with E-state index in [0.29, 0.717) is 18.4 Å². The lowest BCUT2D eigenvalue weighted by Gasteiger charge is -2.32. The maximum Gasteiger partial charge on any atom is 0.254 e. The van der Waals surface area contributed by atoms with Gasteiger partial charge < -0.3 is 10.6 Å². The summed E-state index contributed by atoms with van der Waals surface area (Å²) in [5, 5.41) is 15.3. The largest absolute Gasteiger partial charge is 0.334 e. The van der Waals surface area contributed by atoms with Crippen molar-refractivity contribution in [3.05, 3.63) is 29.6 Å². The Kier molecular flexibility index (Phi) is 7.51. The Morgan fingerprint density at radius 3 is 2.60 bits per heavy atom. The fourth-order valence-corrected chi connectivity index (χ4v) is 2.09. The fraction of sp³-hybridized carbons (Fsp3) is 0.462. The first-order chi connectivity index (χ1) is 8.65. The van der Waals surface area contributed by atoms with Gasteiger partial charge in [0.05, 0.1) is 11.6 Å². The average Bonchev–Trinajstić information content (AvgIpc) is 2.40. The average molecular weight is 317 g/mol. The zero-order chi connectivity index (χ0) is 13.0. The standard InChI is InChI=1S/C13H16N4O.2ClH/c1-10-6-11(8-16-7-10)12(18)17-13(9-14)2-4-15-5-3-13;;/h6-8,15H,2-5H2,1H3,(H,17,18);2*1H. The van der Waals surface area contributed by atoms with Crippen molar-refractivity contribution in [3.63, 3.8) is 0 Å². The van der Waals surface area contributed by atoms with E-state index in [4.69, 9.17) is 0 Å². The van der Waals surface area contributed by atoms with E-state index in [2.05, 4.69) is 21.7 Å². The number of hydrogen-bond donors (Lipinski definition) is 2. The maximum absolute atomic E-state index is 12.1. The van der Waals surface area contributed by atoms with Crippen molar-refractivity contribution in [1.82, 2.24) is 15.6 Å². The Bertz CT molecular complexity index is 495. The highest BCUT2D eigenvalue weighted by Crippen LogP contribution is 2.18. The molecule has 1 saturated heterocycles. The Hall–Kier alpha value is -1.35. The summed E-state index contributed by atoms with van der Waals surface area (Å²) in [6.07, 6.45) is 4.48. The number of rotatable bonds is 2. The lowest BCUT2D eigenvalue weighted by Crippen LogP contribution is -2.53. The van der Waals surface area contributed by atoms with E-state index in [1.807, 2.05) is 6.92 Å². The molecular weight excluding hydrogens is 299 g/mol. The lowest BCUT2D eigenvalue weighted by molar-refractivity contribution is 0.0905. The molecular formula is C13H18Cl2N4O. The number of carbonyl (C=O) groups excluding carboxylic acids is 1. The van der Waals surface area contributed by atoms with Gasteiger partial charge in [0.15, 0.2) is 0 Å². The minimum Gasteiger partial charge on any atom is -0.334 e. The highest BCUT2D eigenvalue weighted by molar-refractivity contribution is 5.94. The zero-order valence-corrected chi connectivity index (χ0v) is 12.8. The van der Waals surface area contributed by atoms with Gasteiger partial charge in [0.2, 0.25) is 0 Å². The van der Waals surface area contributed by atoms with Crippen LogP contribution in [0.3, 0.4) is 0 Å². The van der Waals surface area contributed by atoms with E-state index >= 15 is 0 Å². The van der Waals surface area contributed by atoms with Crippen LogP contribution in [0.25, 0.3) is 0 Å². The predicted molar refractivity (Wildman–Crippen MR) is 81.4 cm³/mol. The van der Waals surface area contributed by atoms with Gasteiger partial charge in [-0.25, -0.2) is 0 Å². The molecule has 110 valence electrons. The minimum atomic E-state index is -0.744. The lowest BCUT2D eigenvalue weighted by atomic mass is 9.89. The van der Waals surface area contributed by atoms with Crippen molar-refractivity contribution in [2.75, 3.05) is 13.1 Å². The third-order valence-electron chi connectivity index (χ3n) is 3.16. The second-order valence-electron chi connectivity index (χ2n) is 4.65. The van der Waals surface area contributed by atoms with E-state index in [1.165, 1.54) is 6.20 Å². The quantitative estimate of drug-likeness (QED) is 0.869. The van der Waals surface area contributed by atoms with Crippen LogP contribution in [0.1, 0.15) is 28.8 Å². The molecule has 1 aromatic heterocycles. The minimum absolute atomic E-state index is 0. The van der Waals surface area contributed by atoms with Crippen molar-refractivity contribution >= 4 is 30.7 Å². The normalized spacial score (nSPS) is 16.0. The molecule has 1 fully saturated rings. The Labute approximate surface area is 131 Å². The van der Waals surface area contributed by atoms with E-state index in [0.717, 1.165) is 18.7 Å². The summed E-state index contributed by atoms with van der Waals surface area (Å²) in [5.74, 6) is -0.227. The zero-order valence-electron chi connectivity index (χ0n) is 11.2.